The van der Waals surface area contributed by atoms with Gasteiger partial charge in [0.05, 0.1) is 39.9 Å². The topological polar surface area (TPSA) is 105 Å². The summed E-state index contributed by atoms with van der Waals surface area (Å²) in [6.07, 6.45) is 51.9. The highest BCUT2D eigenvalue weighted by atomic mass is 31.2. The molecule has 0 saturated heterocycles. The van der Waals surface area contributed by atoms with Crippen LogP contribution in [0.15, 0.2) is 48.6 Å². The molecule has 0 radical (unpaired) electrons. The molecule has 9 heteroatoms. The minimum Gasteiger partial charge on any atom is -0.387 e. The highest BCUT2D eigenvalue weighted by Gasteiger charge is 2.27. The van der Waals surface area contributed by atoms with E-state index in [2.05, 4.69) is 55.6 Å². The molecule has 0 heterocycles. The predicted octanol–water partition coefficient (Wildman–Crippen LogP) is 13.6. The van der Waals surface area contributed by atoms with Crippen molar-refractivity contribution in [2.45, 2.75) is 219 Å². The van der Waals surface area contributed by atoms with Gasteiger partial charge < -0.3 is 19.8 Å². The second-order valence-corrected chi connectivity index (χ2v) is 18.9. The molecule has 0 rings (SSSR count). The van der Waals surface area contributed by atoms with Crippen molar-refractivity contribution in [1.29, 1.82) is 0 Å². The first-order valence-corrected chi connectivity index (χ1v) is 25.5. The van der Waals surface area contributed by atoms with Crippen molar-refractivity contribution in [3.63, 3.8) is 0 Å². The normalized spacial score (nSPS) is 14.7. The summed E-state index contributed by atoms with van der Waals surface area (Å²) in [6, 6.07) is -0.871. The van der Waals surface area contributed by atoms with Crippen LogP contribution >= 0.6 is 7.82 Å². The fourth-order valence-corrected chi connectivity index (χ4v) is 7.39. The number of rotatable bonds is 43. The molecule has 0 aliphatic heterocycles. The van der Waals surface area contributed by atoms with Crippen LogP contribution in [-0.2, 0) is 18.4 Å². The van der Waals surface area contributed by atoms with E-state index >= 15 is 0 Å². The summed E-state index contributed by atoms with van der Waals surface area (Å²) in [5.41, 5.74) is 0. The maximum absolute atomic E-state index is 12.9. The SMILES string of the molecule is CCCCCCC/C=C/CC/C=C/CC/C=C/C(O)C(COP(=O)(O)OCC[N+](C)(C)C)NC(=O)CCCCCCCCC/C=C\CCCCCCCCCCCC. The van der Waals surface area contributed by atoms with Crippen molar-refractivity contribution < 1.29 is 32.9 Å². The van der Waals surface area contributed by atoms with E-state index in [1.54, 1.807) is 6.08 Å². The molecule has 0 aliphatic rings. The molecular weight excluding hydrogens is 744 g/mol. The highest BCUT2D eigenvalue weighted by molar-refractivity contribution is 7.47. The fraction of sp³-hybridized carbons (Fsp3) is 0.816. The largest absolute Gasteiger partial charge is 0.472 e. The summed E-state index contributed by atoms with van der Waals surface area (Å²) in [7, 11) is 1.54. The number of phosphoric ester groups is 1. The van der Waals surface area contributed by atoms with E-state index in [1.807, 2.05) is 27.2 Å². The van der Waals surface area contributed by atoms with E-state index in [-0.39, 0.29) is 19.1 Å². The maximum Gasteiger partial charge on any atom is 0.472 e. The summed E-state index contributed by atoms with van der Waals surface area (Å²) >= 11 is 0. The summed E-state index contributed by atoms with van der Waals surface area (Å²) in [5.74, 6) is -0.196. The van der Waals surface area contributed by atoms with Crippen molar-refractivity contribution in [1.82, 2.24) is 5.32 Å². The van der Waals surface area contributed by atoms with Gasteiger partial charge in [0.25, 0.3) is 0 Å². The monoisotopic (exact) mass is 838 g/mol. The van der Waals surface area contributed by atoms with Gasteiger partial charge in [0.1, 0.15) is 13.2 Å². The number of quaternary nitrogens is 1. The molecular formula is C49H94N2O6P+. The third kappa shape index (κ3) is 42.6. The molecule has 3 atom stereocenters. The maximum atomic E-state index is 12.9. The van der Waals surface area contributed by atoms with E-state index in [0.717, 1.165) is 44.9 Å². The zero-order valence-electron chi connectivity index (χ0n) is 38.5. The molecule has 0 saturated carbocycles. The van der Waals surface area contributed by atoms with E-state index in [4.69, 9.17) is 9.05 Å². The number of nitrogens with one attached hydrogen (secondary N) is 1. The van der Waals surface area contributed by atoms with E-state index in [0.29, 0.717) is 17.4 Å². The smallest absolute Gasteiger partial charge is 0.387 e. The fourth-order valence-electron chi connectivity index (χ4n) is 6.66. The lowest BCUT2D eigenvalue weighted by atomic mass is 10.1. The molecule has 0 aliphatic carbocycles. The van der Waals surface area contributed by atoms with Gasteiger partial charge in [0.15, 0.2) is 0 Å². The molecule has 0 fully saturated rings. The number of allylic oxidation sites excluding steroid dienone is 7. The third-order valence-electron chi connectivity index (χ3n) is 10.5. The van der Waals surface area contributed by atoms with Crippen LogP contribution in [0, 0.1) is 0 Å². The van der Waals surface area contributed by atoms with Crippen molar-refractivity contribution >= 4 is 13.7 Å². The van der Waals surface area contributed by atoms with Gasteiger partial charge in [-0.15, -0.1) is 0 Å². The average Bonchev–Trinajstić information content (AvgIpc) is 3.17. The van der Waals surface area contributed by atoms with Crippen molar-refractivity contribution in [2.24, 2.45) is 0 Å². The quantitative estimate of drug-likeness (QED) is 0.0244. The first kappa shape index (κ1) is 56.5. The lowest BCUT2D eigenvalue weighted by molar-refractivity contribution is -0.870. The van der Waals surface area contributed by atoms with Crippen LogP contribution in [0.3, 0.4) is 0 Å². The minimum atomic E-state index is -4.35. The van der Waals surface area contributed by atoms with Crippen LogP contribution in [0.5, 0.6) is 0 Å². The lowest BCUT2D eigenvalue weighted by Crippen LogP contribution is -2.45. The van der Waals surface area contributed by atoms with E-state index in [9.17, 15) is 19.4 Å². The van der Waals surface area contributed by atoms with E-state index < -0.39 is 20.0 Å². The number of carbonyl (C=O) groups excluding carboxylic acids is 1. The Kier molecular flexibility index (Phi) is 39.8. The number of nitrogens with zero attached hydrogens (tertiary/aromatic N) is 1. The minimum absolute atomic E-state index is 0.0518. The summed E-state index contributed by atoms with van der Waals surface area (Å²) < 4.78 is 23.6. The van der Waals surface area contributed by atoms with Crippen LogP contribution in [0.25, 0.3) is 0 Å². The Balaban J connectivity index is 4.40. The van der Waals surface area contributed by atoms with Gasteiger partial charge in [0, 0.05) is 6.42 Å². The molecule has 1 amide bonds. The summed E-state index contributed by atoms with van der Waals surface area (Å²) in [5, 5.41) is 13.8. The standard InChI is InChI=1S/C49H93N2O6P/c1-6-8-10-12-14-16-18-20-22-23-24-25-26-27-29-31-33-35-37-39-41-43-49(53)50-47(46-57-58(54,55)56-45-44-51(3,4)5)48(52)42-40-38-36-34-32-30-28-21-19-17-15-13-11-9-7-2/h19,21,25-26,32,34,40,42,47-48,52H,6-18,20,22-24,27-31,33,35-39,41,43-46H2,1-5H3,(H-,50,53,54,55)/p+1/b21-19+,26-25-,34-32+,42-40+. The van der Waals surface area contributed by atoms with Gasteiger partial charge in [-0.25, -0.2) is 4.57 Å². The first-order chi connectivity index (χ1) is 28.0. The number of hydrogen-bond acceptors (Lipinski definition) is 5. The molecule has 3 N–H and O–H groups in total. The van der Waals surface area contributed by atoms with Crippen LogP contribution < -0.4 is 5.32 Å². The number of carbonyl (C=O) groups is 1. The van der Waals surface area contributed by atoms with Crippen LogP contribution in [0.4, 0.5) is 0 Å². The number of aliphatic hydroxyl groups is 1. The van der Waals surface area contributed by atoms with E-state index in [1.165, 1.54) is 141 Å². The van der Waals surface area contributed by atoms with Gasteiger partial charge in [0.2, 0.25) is 5.91 Å². The van der Waals surface area contributed by atoms with Crippen molar-refractivity contribution in [2.75, 3.05) is 40.9 Å². The van der Waals surface area contributed by atoms with Gasteiger partial charge in [-0.05, 0) is 70.6 Å². The molecule has 0 aromatic rings. The zero-order valence-corrected chi connectivity index (χ0v) is 39.4. The van der Waals surface area contributed by atoms with Gasteiger partial charge >= 0.3 is 7.82 Å². The second kappa shape index (κ2) is 40.8. The number of phosphoric acid groups is 1. The lowest BCUT2D eigenvalue weighted by Gasteiger charge is -2.25. The van der Waals surface area contributed by atoms with Gasteiger partial charge in [-0.1, -0.05) is 178 Å². The van der Waals surface area contributed by atoms with Crippen LogP contribution in [0.1, 0.15) is 206 Å². The first-order valence-electron chi connectivity index (χ1n) is 24.0. The van der Waals surface area contributed by atoms with Gasteiger partial charge in [-0.2, -0.15) is 0 Å². The zero-order chi connectivity index (χ0) is 42.8. The summed E-state index contributed by atoms with van der Waals surface area (Å²) in [4.78, 5) is 23.1. The molecule has 0 spiro atoms. The summed E-state index contributed by atoms with van der Waals surface area (Å²) in [6.45, 7) is 4.77. The molecule has 0 bridgehead atoms. The highest BCUT2D eigenvalue weighted by Crippen LogP contribution is 2.43. The number of amides is 1. The molecule has 0 aromatic carbocycles. The Bertz CT molecular complexity index is 1090. The number of unbranched alkanes of at least 4 members (excludes halogenated alkanes) is 24. The van der Waals surface area contributed by atoms with Gasteiger partial charge in [-0.3, -0.25) is 13.8 Å². The Morgan fingerprint density at radius 3 is 1.38 bits per heavy atom. The number of aliphatic hydroxyl groups excluding tert-OH is 1. The molecule has 0 aromatic heterocycles. The Morgan fingerprint density at radius 2 is 0.948 bits per heavy atom. The Labute approximate surface area is 359 Å². The number of likely N-dealkylation sites (N-methyl/N-ethyl adjacent to an activating group) is 1. The predicted molar refractivity (Wildman–Crippen MR) is 249 cm³/mol. The van der Waals surface area contributed by atoms with Crippen molar-refractivity contribution in [3.05, 3.63) is 48.6 Å². The number of hydrogen-bond donors (Lipinski definition) is 3. The molecule has 340 valence electrons. The molecule has 58 heavy (non-hydrogen) atoms. The molecule has 8 nitrogen and oxygen atoms in total. The Morgan fingerprint density at radius 1 is 0.569 bits per heavy atom. The van der Waals surface area contributed by atoms with Crippen LogP contribution in [-0.4, -0.2) is 73.4 Å². The third-order valence-corrected chi connectivity index (χ3v) is 11.5. The molecule has 3 unspecified atom stereocenters. The van der Waals surface area contributed by atoms with Crippen LogP contribution in [0.2, 0.25) is 0 Å². The average molecular weight is 838 g/mol. The second-order valence-electron chi connectivity index (χ2n) is 17.5. The van der Waals surface area contributed by atoms with Crippen molar-refractivity contribution in [3.8, 4) is 0 Å². The Hall–Kier alpha value is -1.54.